The molecule has 10 nitrogen and oxygen atoms in total. The van der Waals surface area contributed by atoms with Gasteiger partial charge in [0.05, 0.1) is 5.69 Å². The molecule has 2 rings (SSSR count). The summed E-state index contributed by atoms with van der Waals surface area (Å²) in [5.41, 5.74) is 6.42. The summed E-state index contributed by atoms with van der Waals surface area (Å²) in [6.07, 6.45) is 5.54. The summed E-state index contributed by atoms with van der Waals surface area (Å²) in [5, 5.41) is 8.86. The number of nitrogens with two attached hydrogens (primary N) is 1. The van der Waals surface area contributed by atoms with E-state index in [2.05, 4.69) is 15.2 Å². The minimum absolute atomic E-state index is 0.106. The molecule has 2 amide bonds. The molecule has 27 heavy (non-hydrogen) atoms. The van der Waals surface area contributed by atoms with Crippen LogP contribution in [0.4, 0.5) is 0 Å². The van der Waals surface area contributed by atoms with Crippen molar-refractivity contribution in [3.8, 4) is 0 Å². The summed E-state index contributed by atoms with van der Waals surface area (Å²) in [4.78, 5) is 41.4. The quantitative estimate of drug-likeness (QED) is 0.404. The highest BCUT2D eigenvalue weighted by atomic mass is 16.7. The number of amides is 2. The smallest absolute Gasteiger partial charge is 0.330 e. The predicted molar refractivity (Wildman–Crippen MR) is 95.7 cm³/mol. The lowest BCUT2D eigenvalue weighted by molar-refractivity contribution is -0.197. The Morgan fingerprint density at radius 1 is 1.22 bits per heavy atom. The number of nitrogens with zero attached hydrogens (tertiary/aromatic N) is 5. The summed E-state index contributed by atoms with van der Waals surface area (Å²) in [7, 11) is 2.02. The zero-order valence-corrected chi connectivity index (χ0v) is 15.8. The molecule has 0 bridgehead atoms. The first-order valence-corrected chi connectivity index (χ1v) is 9.34. The molecule has 0 aromatic carbocycles. The molecule has 2 N–H and O–H groups in total. The van der Waals surface area contributed by atoms with Crippen molar-refractivity contribution in [3.63, 3.8) is 0 Å². The van der Waals surface area contributed by atoms with Gasteiger partial charge in [0, 0.05) is 38.5 Å². The van der Waals surface area contributed by atoms with Gasteiger partial charge in [-0.05, 0) is 39.4 Å². The van der Waals surface area contributed by atoms with Crippen molar-refractivity contribution >= 4 is 17.8 Å². The molecule has 2 heterocycles. The van der Waals surface area contributed by atoms with Crippen LogP contribution in [0.2, 0.25) is 0 Å². The maximum Gasteiger partial charge on any atom is 0.333 e. The zero-order valence-electron chi connectivity index (χ0n) is 15.8. The van der Waals surface area contributed by atoms with Gasteiger partial charge in [-0.15, -0.1) is 10.2 Å². The van der Waals surface area contributed by atoms with E-state index in [9.17, 15) is 14.4 Å². The van der Waals surface area contributed by atoms with Gasteiger partial charge in [-0.3, -0.25) is 14.3 Å². The van der Waals surface area contributed by atoms with E-state index in [0.29, 0.717) is 18.0 Å². The minimum Gasteiger partial charge on any atom is -0.330 e. The largest absolute Gasteiger partial charge is 0.333 e. The lowest BCUT2D eigenvalue weighted by atomic mass is 10.2. The number of hydrogen-bond acceptors (Lipinski definition) is 8. The van der Waals surface area contributed by atoms with Gasteiger partial charge in [0.25, 0.3) is 11.8 Å². The second-order valence-electron chi connectivity index (χ2n) is 6.71. The Kier molecular flexibility index (Phi) is 8.34. The topological polar surface area (TPSA) is 124 Å². The minimum atomic E-state index is -0.554. The van der Waals surface area contributed by atoms with Crippen molar-refractivity contribution in [2.45, 2.75) is 58.0 Å². The Labute approximate surface area is 158 Å². The van der Waals surface area contributed by atoms with Gasteiger partial charge in [-0.1, -0.05) is 11.6 Å². The molecule has 0 unspecified atom stereocenters. The summed E-state index contributed by atoms with van der Waals surface area (Å²) < 4.78 is 1.80. The molecule has 0 saturated carbocycles. The fourth-order valence-corrected chi connectivity index (χ4v) is 2.76. The molecule has 0 radical (unpaired) electrons. The Morgan fingerprint density at radius 3 is 2.67 bits per heavy atom. The third-order valence-electron chi connectivity index (χ3n) is 4.23. The van der Waals surface area contributed by atoms with Gasteiger partial charge >= 0.3 is 5.97 Å². The standard InChI is InChI=1S/C17H28N6O4/c1-21(10-5-9-18)12-14-13-22(20-19-14)11-4-2-3-6-17(26)27-23-15(24)7-8-16(23)25/h13H,2-12,18H2,1H3. The van der Waals surface area contributed by atoms with E-state index in [1.165, 1.54) is 0 Å². The maximum atomic E-state index is 11.7. The van der Waals surface area contributed by atoms with Crippen molar-refractivity contribution in [1.29, 1.82) is 0 Å². The summed E-state index contributed by atoms with van der Waals surface area (Å²) in [5.74, 6) is -1.46. The summed E-state index contributed by atoms with van der Waals surface area (Å²) in [6, 6.07) is 0. The fraction of sp³-hybridized carbons (Fsp3) is 0.706. The number of hydroxylamine groups is 2. The average Bonchev–Trinajstić information content (AvgIpc) is 3.21. The molecule has 0 atom stereocenters. The van der Waals surface area contributed by atoms with Gasteiger partial charge in [0.1, 0.15) is 0 Å². The normalized spacial score (nSPS) is 14.4. The van der Waals surface area contributed by atoms with Crippen LogP contribution in [0.15, 0.2) is 6.20 Å². The van der Waals surface area contributed by atoms with Crippen LogP contribution in [-0.4, -0.2) is 62.9 Å². The first-order valence-electron chi connectivity index (χ1n) is 9.34. The molecule has 150 valence electrons. The highest BCUT2D eigenvalue weighted by Gasteiger charge is 2.32. The molecule has 1 saturated heterocycles. The first kappa shape index (κ1) is 21.0. The van der Waals surface area contributed by atoms with E-state index in [-0.39, 0.29) is 19.3 Å². The fourth-order valence-electron chi connectivity index (χ4n) is 2.76. The molecule has 1 aliphatic heterocycles. The van der Waals surface area contributed by atoms with Crippen LogP contribution in [0.3, 0.4) is 0 Å². The van der Waals surface area contributed by atoms with Crippen molar-refractivity contribution in [2.75, 3.05) is 20.1 Å². The van der Waals surface area contributed by atoms with E-state index in [0.717, 1.165) is 44.6 Å². The van der Waals surface area contributed by atoms with Crippen LogP contribution < -0.4 is 5.73 Å². The highest BCUT2D eigenvalue weighted by Crippen LogP contribution is 2.13. The number of imide groups is 1. The van der Waals surface area contributed by atoms with Crippen molar-refractivity contribution in [3.05, 3.63) is 11.9 Å². The van der Waals surface area contributed by atoms with Crippen LogP contribution in [0.1, 0.15) is 50.6 Å². The molecule has 1 aromatic heterocycles. The number of carbonyl (C=O) groups excluding carboxylic acids is 3. The number of aryl methyl sites for hydroxylation is 1. The number of hydrogen-bond donors (Lipinski definition) is 1. The van der Waals surface area contributed by atoms with Gasteiger partial charge in [0.15, 0.2) is 0 Å². The van der Waals surface area contributed by atoms with Crippen molar-refractivity contribution in [1.82, 2.24) is 25.0 Å². The predicted octanol–water partition coefficient (Wildman–Crippen LogP) is 0.226. The van der Waals surface area contributed by atoms with Gasteiger partial charge < -0.3 is 15.5 Å². The number of carbonyl (C=O) groups is 3. The lowest BCUT2D eigenvalue weighted by Gasteiger charge is -2.13. The molecule has 0 aliphatic carbocycles. The Hall–Kier alpha value is -2.33. The molecule has 1 aliphatic rings. The van der Waals surface area contributed by atoms with Crippen LogP contribution in [0, 0.1) is 0 Å². The second kappa shape index (κ2) is 10.7. The Balaban J connectivity index is 1.58. The Morgan fingerprint density at radius 2 is 1.96 bits per heavy atom. The van der Waals surface area contributed by atoms with E-state index in [1.807, 2.05) is 13.2 Å². The van der Waals surface area contributed by atoms with Gasteiger partial charge in [-0.2, -0.15) is 0 Å². The van der Waals surface area contributed by atoms with Crippen molar-refractivity contribution < 1.29 is 19.2 Å². The zero-order chi connectivity index (χ0) is 19.6. The van der Waals surface area contributed by atoms with Crippen LogP contribution in [0.25, 0.3) is 0 Å². The third-order valence-corrected chi connectivity index (χ3v) is 4.23. The van der Waals surface area contributed by atoms with E-state index in [1.54, 1.807) is 4.68 Å². The van der Waals surface area contributed by atoms with Crippen LogP contribution >= 0.6 is 0 Å². The second-order valence-corrected chi connectivity index (χ2v) is 6.71. The van der Waals surface area contributed by atoms with Gasteiger partial charge in [0.2, 0.25) is 0 Å². The van der Waals surface area contributed by atoms with Gasteiger partial charge in [-0.25, -0.2) is 4.79 Å². The SMILES string of the molecule is CN(CCCN)Cc1cn(CCCCCC(=O)ON2C(=O)CCC2=O)nn1. The monoisotopic (exact) mass is 380 g/mol. The molecular weight excluding hydrogens is 352 g/mol. The van der Waals surface area contributed by atoms with Crippen LogP contribution in [0.5, 0.6) is 0 Å². The molecule has 1 fully saturated rings. The maximum absolute atomic E-state index is 11.7. The molecule has 1 aromatic rings. The van der Waals surface area contributed by atoms with Crippen molar-refractivity contribution in [2.24, 2.45) is 5.73 Å². The molecule has 10 heteroatoms. The van der Waals surface area contributed by atoms with E-state index >= 15 is 0 Å². The first-order chi connectivity index (χ1) is 13.0. The van der Waals surface area contributed by atoms with E-state index < -0.39 is 17.8 Å². The average molecular weight is 380 g/mol. The molecular formula is C17H28N6O4. The number of aromatic nitrogens is 3. The lowest BCUT2D eigenvalue weighted by Crippen LogP contribution is -2.31. The number of rotatable bonds is 12. The van der Waals surface area contributed by atoms with Crippen LogP contribution in [-0.2, 0) is 32.3 Å². The summed E-state index contributed by atoms with van der Waals surface area (Å²) in [6.45, 7) is 3.06. The third kappa shape index (κ3) is 7.06. The number of unbranched alkanes of at least 4 members (excludes halogenated alkanes) is 2. The molecule has 0 spiro atoms. The Bertz CT molecular complexity index is 631. The van der Waals surface area contributed by atoms with E-state index in [4.69, 9.17) is 10.6 Å². The summed E-state index contributed by atoms with van der Waals surface area (Å²) >= 11 is 0. The highest BCUT2D eigenvalue weighted by molar-refractivity contribution is 6.01.